The monoisotopic (exact) mass is 291 g/mol. The van der Waals surface area contributed by atoms with E-state index >= 15 is 0 Å². The van der Waals surface area contributed by atoms with Gasteiger partial charge in [0.1, 0.15) is 0 Å². The van der Waals surface area contributed by atoms with Crippen molar-refractivity contribution < 1.29 is 9.59 Å². The number of rotatable bonds is 9. The number of hydrogen-bond acceptors (Lipinski definition) is 3. The molecule has 0 spiro atoms. The maximum Gasteiger partial charge on any atom is 0.265 e. The summed E-state index contributed by atoms with van der Waals surface area (Å²) in [5, 5.41) is 2.72. The fourth-order valence-corrected chi connectivity index (χ4v) is 1.86. The first-order valence-corrected chi connectivity index (χ1v) is 7.50. The maximum atomic E-state index is 11.9. The van der Waals surface area contributed by atoms with Crippen LogP contribution in [0.2, 0.25) is 0 Å². The van der Waals surface area contributed by atoms with Crippen molar-refractivity contribution >= 4 is 11.8 Å². The van der Waals surface area contributed by atoms with Crippen LogP contribution in [0.5, 0.6) is 0 Å². The number of hydrazine groups is 1. The van der Waals surface area contributed by atoms with E-state index in [0.717, 1.165) is 18.5 Å². The lowest BCUT2D eigenvalue weighted by molar-refractivity contribution is -0.119. The summed E-state index contributed by atoms with van der Waals surface area (Å²) in [4.78, 5) is 22.7. The third-order valence-corrected chi connectivity index (χ3v) is 3.11. The molecule has 1 aromatic rings. The summed E-state index contributed by atoms with van der Waals surface area (Å²) in [5.41, 5.74) is 7.19. The quantitative estimate of drug-likeness (QED) is 0.482. The molecule has 21 heavy (non-hydrogen) atoms. The van der Waals surface area contributed by atoms with Crippen molar-refractivity contribution in [1.82, 2.24) is 16.2 Å². The first-order chi connectivity index (χ1) is 10.1. The number of unbranched alkanes of at least 4 members (excludes halogenated alkanes) is 3. The molecule has 1 rings (SSSR count). The molecule has 0 heterocycles. The smallest absolute Gasteiger partial charge is 0.265 e. The van der Waals surface area contributed by atoms with E-state index < -0.39 is 0 Å². The van der Waals surface area contributed by atoms with Crippen molar-refractivity contribution in [3.8, 4) is 0 Å². The zero-order valence-corrected chi connectivity index (χ0v) is 12.9. The van der Waals surface area contributed by atoms with E-state index in [0.29, 0.717) is 12.1 Å². The summed E-state index contributed by atoms with van der Waals surface area (Å²) in [6, 6.07) is 7.19. The third-order valence-electron chi connectivity index (χ3n) is 3.11. The molecule has 2 amide bonds. The molecule has 0 aliphatic carbocycles. The molecular formula is C16H25N3O2. The van der Waals surface area contributed by atoms with E-state index in [9.17, 15) is 9.59 Å². The second-order valence-electron chi connectivity index (χ2n) is 5.05. The molecule has 0 radical (unpaired) electrons. The summed E-state index contributed by atoms with van der Waals surface area (Å²) in [5.74, 6) is -0.208. The summed E-state index contributed by atoms with van der Waals surface area (Å²) in [6.45, 7) is 4.91. The van der Waals surface area contributed by atoms with Gasteiger partial charge in [0.15, 0.2) is 0 Å². The Morgan fingerprint density at radius 2 is 1.76 bits per heavy atom. The van der Waals surface area contributed by atoms with Gasteiger partial charge in [-0.2, -0.15) is 0 Å². The Hall–Kier alpha value is -1.88. The van der Waals surface area contributed by atoms with Crippen molar-refractivity contribution in [3.63, 3.8) is 0 Å². The Bertz CT molecular complexity index is 443. The van der Waals surface area contributed by atoms with Gasteiger partial charge < -0.3 is 5.32 Å². The highest BCUT2D eigenvalue weighted by atomic mass is 16.2. The van der Waals surface area contributed by atoms with Crippen LogP contribution in [0.1, 0.15) is 55.5 Å². The van der Waals surface area contributed by atoms with Gasteiger partial charge in [0.25, 0.3) is 5.91 Å². The minimum atomic E-state index is -0.142. The van der Waals surface area contributed by atoms with Gasteiger partial charge in [0, 0.05) is 25.6 Å². The Kier molecular flexibility index (Phi) is 8.12. The van der Waals surface area contributed by atoms with E-state index in [-0.39, 0.29) is 11.8 Å². The zero-order chi connectivity index (χ0) is 15.5. The van der Waals surface area contributed by atoms with E-state index in [1.54, 1.807) is 12.1 Å². The molecular weight excluding hydrogens is 266 g/mol. The normalized spacial score (nSPS) is 10.2. The fourth-order valence-electron chi connectivity index (χ4n) is 1.86. The van der Waals surface area contributed by atoms with Crippen molar-refractivity contribution in [2.75, 3.05) is 6.54 Å². The van der Waals surface area contributed by atoms with Crippen LogP contribution in [0.4, 0.5) is 0 Å². The van der Waals surface area contributed by atoms with Gasteiger partial charge in [-0.25, -0.2) is 5.43 Å². The van der Waals surface area contributed by atoms with Crippen molar-refractivity contribution in [1.29, 1.82) is 0 Å². The summed E-state index contributed by atoms with van der Waals surface area (Å²) < 4.78 is 0. The van der Waals surface area contributed by atoms with E-state index in [1.165, 1.54) is 26.2 Å². The predicted octanol–water partition coefficient (Wildman–Crippen LogP) is 2.14. The van der Waals surface area contributed by atoms with Gasteiger partial charge in [-0.05, 0) is 24.1 Å². The maximum absolute atomic E-state index is 11.9. The average molecular weight is 291 g/mol. The largest absolute Gasteiger partial charge is 0.352 e. The first-order valence-electron chi connectivity index (χ1n) is 7.50. The molecule has 0 bridgehead atoms. The molecule has 5 heteroatoms. The van der Waals surface area contributed by atoms with Gasteiger partial charge in [-0.15, -0.1) is 0 Å². The Labute approximate surface area is 126 Å². The molecule has 0 aromatic heterocycles. The topological polar surface area (TPSA) is 70.2 Å². The van der Waals surface area contributed by atoms with Crippen LogP contribution in [-0.4, -0.2) is 18.4 Å². The number of hydrogen-bond donors (Lipinski definition) is 3. The number of amides is 2. The molecule has 3 N–H and O–H groups in total. The highest BCUT2D eigenvalue weighted by Crippen LogP contribution is 2.04. The van der Waals surface area contributed by atoms with Crippen LogP contribution >= 0.6 is 0 Å². The van der Waals surface area contributed by atoms with Gasteiger partial charge in [0.2, 0.25) is 5.91 Å². The minimum Gasteiger partial charge on any atom is -0.352 e. The number of carbonyl (C=O) groups is 2. The Morgan fingerprint density at radius 3 is 2.38 bits per heavy atom. The third kappa shape index (κ3) is 7.46. The minimum absolute atomic E-state index is 0.0657. The van der Waals surface area contributed by atoms with E-state index in [1.807, 2.05) is 12.1 Å². The predicted molar refractivity (Wildman–Crippen MR) is 83.6 cm³/mol. The van der Waals surface area contributed by atoms with E-state index in [2.05, 4.69) is 23.1 Å². The van der Waals surface area contributed by atoms with Crippen LogP contribution in [-0.2, 0) is 11.3 Å². The number of benzene rings is 1. The summed E-state index contributed by atoms with van der Waals surface area (Å²) in [6.07, 6.45) is 4.67. The highest BCUT2D eigenvalue weighted by molar-refractivity contribution is 5.93. The van der Waals surface area contributed by atoms with Gasteiger partial charge in [0.05, 0.1) is 0 Å². The lowest BCUT2D eigenvalue weighted by Crippen LogP contribution is -2.37. The van der Waals surface area contributed by atoms with Crippen LogP contribution in [0.25, 0.3) is 0 Å². The lowest BCUT2D eigenvalue weighted by Gasteiger charge is -2.08. The molecule has 0 atom stereocenters. The Morgan fingerprint density at radius 1 is 1.05 bits per heavy atom. The summed E-state index contributed by atoms with van der Waals surface area (Å²) in [7, 11) is 0. The molecule has 1 aromatic carbocycles. The molecule has 0 unspecified atom stereocenters. The van der Waals surface area contributed by atoms with Crippen molar-refractivity contribution in [2.24, 2.45) is 0 Å². The second-order valence-corrected chi connectivity index (χ2v) is 5.05. The molecule has 5 nitrogen and oxygen atoms in total. The van der Waals surface area contributed by atoms with Gasteiger partial charge in [-0.3, -0.25) is 15.0 Å². The summed E-state index contributed by atoms with van der Waals surface area (Å²) >= 11 is 0. The number of carbonyl (C=O) groups excluding carboxylic acids is 2. The van der Waals surface area contributed by atoms with Crippen LogP contribution in [0.3, 0.4) is 0 Å². The Balaban J connectivity index is 2.29. The lowest BCUT2D eigenvalue weighted by atomic mass is 10.1. The standard InChI is InChI=1S/C16H25N3O2/c1-3-4-5-6-11-18-19-16(21)15-9-7-14(8-10-15)12-17-13(2)20/h7-10,18H,3-6,11-12H2,1-2H3,(H,17,20)(H,19,21). The molecule has 0 aliphatic rings. The number of nitrogens with one attached hydrogen (secondary N) is 3. The average Bonchev–Trinajstić information content (AvgIpc) is 2.49. The first kappa shape index (κ1) is 17.2. The van der Waals surface area contributed by atoms with Crippen LogP contribution in [0, 0.1) is 0 Å². The fraction of sp³-hybridized carbons (Fsp3) is 0.500. The van der Waals surface area contributed by atoms with E-state index in [4.69, 9.17) is 0 Å². The molecule has 0 saturated carbocycles. The van der Waals surface area contributed by atoms with Crippen LogP contribution < -0.4 is 16.2 Å². The zero-order valence-electron chi connectivity index (χ0n) is 12.9. The molecule has 0 aliphatic heterocycles. The van der Waals surface area contributed by atoms with Crippen molar-refractivity contribution in [3.05, 3.63) is 35.4 Å². The SMILES string of the molecule is CCCCCCNNC(=O)c1ccc(CNC(C)=O)cc1. The molecule has 116 valence electrons. The van der Waals surface area contributed by atoms with Gasteiger partial charge >= 0.3 is 0 Å². The van der Waals surface area contributed by atoms with Gasteiger partial charge in [-0.1, -0.05) is 38.3 Å². The van der Waals surface area contributed by atoms with Crippen molar-refractivity contribution in [2.45, 2.75) is 46.1 Å². The van der Waals surface area contributed by atoms with Crippen LogP contribution in [0.15, 0.2) is 24.3 Å². The molecule has 0 saturated heterocycles. The second kappa shape index (κ2) is 9.94. The highest BCUT2D eigenvalue weighted by Gasteiger charge is 2.04. The molecule has 0 fully saturated rings.